The zero-order valence-corrected chi connectivity index (χ0v) is 15.7. The molecule has 0 atom stereocenters. The second kappa shape index (κ2) is 8.87. The molecule has 126 valence electrons. The number of nitrogens with zero attached hydrogens (tertiary/aromatic N) is 1. The predicted octanol–water partition coefficient (Wildman–Crippen LogP) is 4.72. The number of ether oxygens (including phenoxy) is 2. The summed E-state index contributed by atoms with van der Waals surface area (Å²) in [5.74, 6) is 0. The molecule has 0 saturated carbocycles. The summed E-state index contributed by atoms with van der Waals surface area (Å²) in [6, 6.07) is 4.75. The predicted molar refractivity (Wildman–Crippen MR) is 100 cm³/mol. The van der Waals surface area contributed by atoms with Crippen molar-refractivity contribution in [3.05, 3.63) is 41.3 Å². The highest BCUT2D eigenvalue weighted by atomic mass is 28.3. The van der Waals surface area contributed by atoms with E-state index in [4.69, 9.17) is 21.8 Å². The Labute approximate surface area is 141 Å². The van der Waals surface area contributed by atoms with Crippen LogP contribution in [0.4, 0.5) is 11.4 Å². The van der Waals surface area contributed by atoms with Gasteiger partial charge in [0.25, 0.3) is 0 Å². The molecule has 1 rings (SSSR count). The van der Waals surface area contributed by atoms with Crippen molar-refractivity contribution in [1.29, 1.82) is 0 Å². The fourth-order valence-corrected chi connectivity index (χ4v) is 2.81. The minimum Gasteiger partial charge on any atom is -0.398 e. The van der Waals surface area contributed by atoms with E-state index in [-0.39, 0.29) is 0 Å². The summed E-state index contributed by atoms with van der Waals surface area (Å²) in [5, 5.41) is 0. The molecule has 1 aromatic rings. The Hall–Kier alpha value is -1.61. The smallest absolute Gasteiger partial charge is 0.188 e. The number of nitrogen functional groups attached to an aromatic ring is 1. The van der Waals surface area contributed by atoms with Crippen molar-refractivity contribution in [1.82, 2.24) is 0 Å². The van der Waals surface area contributed by atoms with E-state index in [0.717, 1.165) is 29.4 Å². The highest BCUT2D eigenvalue weighted by molar-refractivity contribution is 6.76. The van der Waals surface area contributed by atoms with Crippen molar-refractivity contribution < 1.29 is 9.47 Å². The Bertz CT molecular complexity index is 586. The maximum atomic E-state index is 7.19. The summed E-state index contributed by atoms with van der Waals surface area (Å²) in [6.07, 6.45) is 0.660. The molecule has 0 amide bonds. The van der Waals surface area contributed by atoms with Crippen LogP contribution >= 0.6 is 0 Å². The van der Waals surface area contributed by atoms with Gasteiger partial charge in [0.15, 0.2) is 5.69 Å². The molecule has 0 unspecified atom stereocenters. The van der Waals surface area contributed by atoms with Gasteiger partial charge in [-0.3, -0.25) is 0 Å². The Morgan fingerprint density at radius 1 is 1.26 bits per heavy atom. The molecule has 0 spiro atoms. The lowest BCUT2D eigenvalue weighted by atomic mass is 9.99. The highest BCUT2D eigenvalue weighted by Gasteiger charge is 2.12. The van der Waals surface area contributed by atoms with Crippen molar-refractivity contribution in [2.45, 2.75) is 39.0 Å². The van der Waals surface area contributed by atoms with Gasteiger partial charge in [0.1, 0.15) is 6.79 Å². The molecule has 1 aromatic carbocycles. The lowest BCUT2D eigenvalue weighted by molar-refractivity contribution is -0.0483. The number of rotatable bonds is 9. The van der Waals surface area contributed by atoms with Crippen LogP contribution in [-0.4, -0.2) is 28.1 Å². The van der Waals surface area contributed by atoms with Crippen LogP contribution in [0.5, 0.6) is 0 Å². The maximum absolute atomic E-state index is 7.19. The van der Waals surface area contributed by atoms with Crippen LogP contribution in [0, 0.1) is 6.57 Å². The molecule has 0 saturated heterocycles. The summed E-state index contributed by atoms with van der Waals surface area (Å²) < 4.78 is 11.0. The summed E-state index contributed by atoms with van der Waals surface area (Å²) in [5.41, 5.74) is 10.1. The van der Waals surface area contributed by atoms with Gasteiger partial charge in [0.05, 0.1) is 13.2 Å². The number of anilines is 1. The van der Waals surface area contributed by atoms with Crippen LogP contribution in [0.3, 0.4) is 0 Å². The summed E-state index contributed by atoms with van der Waals surface area (Å²) >= 11 is 0. The van der Waals surface area contributed by atoms with Crippen molar-refractivity contribution >= 4 is 25.0 Å². The topological polar surface area (TPSA) is 48.8 Å². The molecular formula is C18H28N2O2Si. The quantitative estimate of drug-likeness (QED) is 0.234. The minimum atomic E-state index is -1.05. The fourth-order valence-electron chi connectivity index (χ4n) is 2.06. The van der Waals surface area contributed by atoms with E-state index in [2.05, 4.69) is 31.1 Å². The number of benzene rings is 1. The second-order valence-electron chi connectivity index (χ2n) is 6.95. The molecule has 0 fully saturated rings. The Balaban J connectivity index is 2.48. The molecule has 0 aliphatic carbocycles. The summed E-state index contributed by atoms with van der Waals surface area (Å²) in [6.45, 7) is 21.6. The monoisotopic (exact) mass is 332 g/mol. The molecule has 0 radical (unpaired) electrons. The first-order chi connectivity index (χ1) is 10.7. The van der Waals surface area contributed by atoms with Crippen LogP contribution in [0.25, 0.3) is 10.4 Å². The van der Waals surface area contributed by atoms with Gasteiger partial charge in [-0.2, -0.15) is 0 Å². The maximum Gasteiger partial charge on any atom is 0.188 e. The Kier molecular flexibility index (Phi) is 7.50. The molecule has 0 aliphatic rings. The zero-order chi connectivity index (χ0) is 17.5. The van der Waals surface area contributed by atoms with Crippen molar-refractivity contribution in [2.24, 2.45) is 0 Å². The van der Waals surface area contributed by atoms with Crippen LogP contribution < -0.4 is 5.73 Å². The molecule has 0 aliphatic heterocycles. The average molecular weight is 333 g/mol. The number of hydrogen-bond donors (Lipinski definition) is 1. The molecule has 0 aromatic heterocycles. The molecular weight excluding hydrogens is 304 g/mol. The largest absolute Gasteiger partial charge is 0.398 e. The van der Waals surface area contributed by atoms with Gasteiger partial charge in [0.2, 0.25) is 0 Å². The fraction of sp³-hybridized carbons (Fsp3) is 0.500. The number of allylic oxidation sites excluding steroid dienone is 1. The van der Waals surface area contributed by atoms with Crippen LogP contribution in [0.1, 0.15) is 18.1 Å². The van der Waals surface area contributed by atoms with Crippen molar-refractivity contribution in [3.8, 4) is 0 Å². The van der Waals surface area contributed by atoms with Crippen molar-refractivity contribution in [3.63, 3.8) is 0 Å². The van der Waals surface area contributed by atoms with Gasteiger partial charge in [0, 0.05) is 20.4 Å². The SMILES string of the molecule is [C-]#[N+]c1cc(CCOCOCC[Si](C)(C)C)c(N)c(C(=C)C)c1. The minimum absolute atomic E-state index is 0.306. The van der Waals surface area contributed by atoms with Gasteiger partial charge in [-0.05, 0) is 36.6 Å². The molecule has 4 nitrogen and oxygen atoms in total. The first-order valence-electron chi connectivity index (χ1n) is 7.86. The van der Waals surface area contributed by atoms with Gasteiger partial charge in [-0.15, -0.1) is 0 Å². The zero-order valence-electron chi connectivity index (χ0n) is 14.7. The molecule has 5 heteroatoms. The number of hydrogen-bond acceptors (Lipinski definition) is 3. The normalized spacial score (nSPS) is 11.3. The lowest BCUT2D eigenvalue weighted by Gasteiger charge is -2.15. The van der Waals surface area contributed by atoms with E-state index in [0.29, 0.717) is 31.2 Å². The molecule has 0 bridgehead atoms. The van der Waals surface area contributed by atoms with Gasteiger partial charge in [-0.1, -0.05) is 37.9 Å². The molecule has 2 N–H and O–H groups in total. The van der Waals surface area contributed by atoms with E-state index >= 15 is 0 Å². The molecule has 0 heterocycles. The van der Waals surface area contributed by atoms with Crippen molar-refractivity contribution in [2.75, 3.05) is 25.7 Å². The Morgan fingerprint density at radius 2 is 1.91 bits per heavy atom. The third-order valence-electron chi connectivity index (χ3n) is 3.52. The van der Waals surface area contributed by atoms with Crippen LogP contribution in [0.2, 0.25) is 25.7 Å². The third-order valence-corrected chi connectivity index (χ3v) is 5.22. The van der Waals surface area contributed by atoms with E-state index < -0.39 is 8.07 Å². The van der Waals surface area contributed by atoms with Crippen LogP contribution in [0.15, 0.2) is 18.7 Å². The summed E-state index contributed by atoms with van der Waals surface area (Å²) in [4.78, 5) is 3.50. The standard InChI is InChI=1S/C18H28N2O2Si/c1-14(2)17-12-16(20-3)11-15(18(17)19)7-8-21-13-22-9-10-23(4,5)6/h11-12H,1,7-10,13,19H2,2,4-6H3. The van der Waals surface area contributed by atoms with E-state index in [9.17, 15) is 0 Å². The summed E-state index contributed by atoms with van der Waals surface area (Å²) in [7, 11) is -1.05. The highest BCUT2D eigenvalue weighted by Crippen LogP contribution is 2.30. The van der Waals surface area contributed by atoms with Gasteiger partial charge < -0.3 is 15.2 Å². The number of nitrogens with two attached hydrogens (primary N) is 1. The third kappa shape index (κ3) is 7.00. The molecule has 23 heavy (non-hydrogen) atoms. The first-order valence-corrected chi connectivity index (χ1v) is 11.6. The van der Waals surface area contributed by atoms with Crippen LogP contribution in [-0.2, 0) is 15.9 Å². The lowest BCUT2D eigenvalue weighted by Crippen LogP contribution is -2.22. The van der Waals surface area contributed by atoms with Gasteiger partial charge in [-0.25, -0.2) is 4.85 Å². The van der Waals surface area contributed by atoms with E-state index in [1.165, 1.54) is 0 Å². The Morgan fingerprint density at radius 3 is 2.48 bits per heavy atom. The van der Waals surface area contributed by atoms with Gasteiger partial charge >= 0.3 is 0 Å². The average Bonchev–Trinajstić information content (AvgIpc) is 2.46. The van der Waals surface area contributed by atoms with E-state index in [1.54, 1.807) is 6.07 Å². The first kappa shape index (κ1) is 19.4. The van der Waals surface area contributed by atoms with E-state index in [1.807, 2.05) is 13.0 Å². The second-order valence-corrected chi connectivity index (χ2v) is 12.6.